The Balaban J connectivity index is 1.57. The van der Waals surface area contributed by atoms with Gasteiger partial charge in [0.2, 0.25) is 5.95 Å². The van der Waals surface area contributed by atoms with E-state index in [1.807, 2.05) is 38.9 Å². The third-order valence-electron chi connectivity index (χ3n) is 5.72. The molecular formula is C21H27N7O2. The summed E-state index contributed by atoms with van der Waals surface area (Å²) in [7, 11) is 3.72. The number of hydrogen-bond acceptors (Lipinski definition) is 6. The normalized spacial score (nSPS) is 16.8. The Labute approximate surface area is 174 Å². The molecule has 1 N–H and O–H groups in total. The van der Waals surface area contributed by atoms with Crippen LogP contribution in [0.4, 0.5) is 5.95 Å². The van der Waals surface area contributed by atoms with Crippen LogP contribution in [0.3, 0.4) is 0 Å². The van der Waals surface area contributed by atoms with Crippen LogP contribution >= 0.6 is 0 Å². The molecule has 0 saturated carbocycles. The third kappa shape index (κ3) is 3.55. The highest BCUT2D eigenvalue weighted by molar-refractivity contribution is 5.93. The van der Waals surface area contributed by atoms with E-state index in [2.05, 4.69) is 20.1 Å². The first-order valence-electron chi connectivity index (χ1n) is 10.3. The smallest absolute Gasteiger partial charge is 0.276 e. The van der Waals surface area contributed by atoms with Crippen molar-refractivity contribution in [2.24, 2.45) is 0 Å². The zero-order chi connectivity index (χ0) is 21.4. The van der Waals surface area contributed by atoms with Crippen molar-refractivity contribution in [3.05, 3.63) is 51.3 Å². The molecule has 0 aromatic carbocycles. The summed E-state index contributed by atoms with van der Waals surface area (Å²) in [4.78, 5) is 42.4. The number of fused-ring (bicyclic) bond motifs is 1. The lowest BCUT2D eigenvalue weighted by Crippen LogP contribution is -2.39. The van der Waals surface area contributed by atoms with Crippen LogP contribution < -0.4 is 10.5 Å². The second-order valence-corrected chi connectivity index (χ2v) is 8.00. The molecule has 4 rings (SSSR count). The molecule has 9 nitrogen and oxygen atoms in total. The van der Waals surface area contributed by atoms with Gasteiger partial charge in [0, 0.05) is 68.5 Å². The van der Waals surface area contributed by atoms with Crippen LogP contribution in [0.15, 0.2) is 23.3 Å². The van der Waals surface area contributed by atoms with Gasteiger partial charge < -0.3 is 9.80 Å². The average molecular weight is 409 g/mol. The van der Waals surface area contributed by atoms with Crippen LogP contribution in [-0.4, -0.2) is 62.6 Å². The lowest BCUT2D eigenvalue weighted by atomic mass is 9.94. The summed E-state index contributed by atoms with van der Waals surface area (Å²) in [5.74, 6) is 0.623. The number of amides is 1. The molecule has 0 bridgehead atoms. The molecule has 3 aromatic heterocycles. The lowest BCUT2D eigenvalue weighted by Gasteiger charge is -2.32. The molecule has 0 aliphatic carbocycles. The maximum Gasteiger partial charge on any atom is 0.276 e. The summed E-state index contributed by atoms with van der Waals surface area (Å²) in [6.45, 7) is 5.11. The van der Waals surface area contributed by atoms with Crippen LogP contribution in [0.1, 0.15) is 53.0 Å². The first-order valence-corrected chi connectivity index (χ1v) is 10.3. The second kappa shape index (κ2) is 7.89. The fourth-order valence-electron chi connectivity index (χ4n) is 4.07. The lowest BCUT2D eigenvalue weighted by molar-refractivity contribution is 0.0705. The SMILES string of the molecule is CCc1c(C)nc2cc([C@@H]3CCCN(C(=O)c4cnc(N(C)C)nc4)C3)[nH]n2c1=O. The van der Waals surface area contributed by atoms with E-state index in [4.69, 9.17) is 0 Å². The molecule has 3 aromatic rings. The van der Waals surface area contributed by atoms with Crippen molar-refractivity contribution in [1.82, 2.24) is 29.5 Å². The second-order valence-electron chi connectivity index (χ2n) is 8.00. The van der Waals surface area contributed by atoms with Gasteiger partial charge in [0.25, 0.3) is 11.5 Å². The summed E-state index contributed by atoms with van der Waals surface area (Å²) in [6.07, 6.45) is 5.64. The van der Waals surface area contributed by atoms with E-state index in [0.29, 0.717) is 36.7 Å². The molecule has 1 saturated heterocycles. The Morgan fingerprint density at radius 1 is 1.30 bits per heavy atom. The van der Waals surface area contributed by atoms with Gasteiger partial charge in [-0.1, -0.05) is 6.92 Å². The number of likely N-dealkylation sites (tertiary alicyclic amines) is 1. The molecule has 1 amide bonds. The average Bonchev–Trinajstić information content (AvgIpc) is 3.18. The standard InChI is InChI=1S/C21H27N7O2/c1-5-16-13(2)24-18-9-17(25-28(18)20(16)30)14-7-6-8-27(12-14)19(29)15-10-22-21(23-11-15)26(3)4/h9-11,14,25H,5-8,12H2,1-4H3/t14-/m1/s1. The maximum absolute atomic E-state index is 13.0. The van der Waals surface area contributed by atoms with Gasteiger partial charge >= 0.3 is 0 Å². The summed E-state index contributed by atoms with van der Waals surface area (Å²) < 4.78 is 1.52. The fourth-order valence-corrected chi connectivity index (χ4v) is 4.07. The molecule has 0 spiro atoms. The largest absolute Gasteiger partial charge is 0.347 e. The minimum absolute atomic E-state index is 0.0480. The highest BCUT2D eigenvalue weighted by Gasteiger charge is 2.27. The Hall–Kier alpha value is -3.23. The number of aromatic nitrogens is 5. The predicted molar refractivity (Wildman–Crippen MR) is 114 cm³/mol. The topological polar surface area (TPSA) is 99.5 Å². The summed E-state index contributed by atoms with van der Waals surface area (Å²) in [5.41, 5.74) is 3.49. The first kappa shape index (κ1) is 20.1. The van der Waals surface area contributed by atoms with E-state index >= 15 is 0 Å². The first-order chi connectivity index (χ1) is 14.4. The molecule has 4 heterocycles. The number of nitrogens with zero attached hydrogens (tertiary/aromatic N) is 6. The summed E-state index contributed by atoms with van der Waals surface area (Å²) in [5, 5.41) is 3.23. The number of carbonyl (C=O) groups excluding carboxylic acids is 1. The number of aromatic amines is 1. The predicted octanol–water partition coefficient (Wildman–Crippen LogP) is 1.77. The Kier molecular flexibility index (Phi) is 5.27. The van der Waals surface area contributed by atoms with Gasteiger partial charge in [0.05, 0.1) is 5.56 Å². The highest BCUT2D eigenvalue weighted by atomic mass is 16.2. The highest BCUT2D eigenvalue weighted by Crippen LogP contribution is 2.27. The van der Waals surface area contributed by atoms with Gasteiger partial charge in [-0.05, 0) is 26.2 Å². The zero-order valence-corrected chi connectivity index (χ0v) is 17.8. The number of H-pyrrole nitrogens is 1. The van der Waals surface area contributed by atoms with Crippen molar-refractivity contribution in [3.63, 3.8) is 0 Å². The molecular weight excluding hydrogens is 382 g/mol. The Bertz CT molecular complexity index is 1130. The Morgan fingerprint density at radius 3 is 2.70 bits per heavy atom. The van der Waals surface area contributed by atoms with Crippen molar-refractivity contribution in [1.29, 1.82) is 0 Å². The van der Waals surface area contributed by atoms with E-state index in [9.17, 15) is 9.59 Å². The maximum atomic E-state index is 13.0. The molecule has 158 valence electrons. The van der Waals surface area contributed by atoms with E-state index in [-0.39, 0.29) is 17.4 Å². The molecule has 30 heavy (non-hydrogen) atoms. The zero-order valence-electron chi connectivity index (χ0n) is 17.8. The number of rotatable bonds is 4. The van der Waals surface area contributed by atoms with Gasteiger partial charge in [0.1, 0.15) is 0 Å². The minimum atomic E-state index is -0.0690. The number of carbonyl (C=O) groups is 1. The molecule has 1 aliphatic rings. The van der Waals surface area contributed by atoms with Gasteiger partial charge in [-0.3, -0.25) is 14.7 Å². The summed E-state index contributed by atoms with van der Waals surface area (Å²) in [6, 6.07) is 1.93. The van der Waals surface area contributed by atoms with Gasteiger partial charge in [-0.25, -0.2) is 19.5 Å². The third-order valence-corrected chi connectivity index (χ3v) is 5.72. The number of nitrogens with one attached hydrogen (secondary N) is 1. The van der Waals surface area contributed by atoms with Crippen LogP contribution in [-0.2, 0) is 6.42 Å². The van der Waals surface area contributed by atoms with E-state index in [1.165, 1.54) is 4.52 Å². The molecule has 1 fully saturated rings. The molecule has 1 atom stereocenters. The molecule has 0 radical (unpaired) electrons. The van der Waals surface area contributed by atoms with Crippen molar-refractivity contribution >= 4 is 17.5 Å². The molecule has 0 unspecified atom stereocenters. The van der Waals surface area contributed by atoms with Crippen molar-refractivity contribution in [2.75, 3.05) is 32.1 Å². The van der Waals surface area contributed by atoms with Gasteiger partial charge in [-0.2, -0.15) is 0 Å². The number of anilines is 1. The fraction of sp³-hybridized carbons (Fsp3) is 0.476. The summed E-state index contributed by atoms with van der Waals surface area (Å²) >= 11 is 0. The van der Waals surface area contributed by atoms with Crippen molar-refractivity contribution in [2.45, 2.75) is 39.0 Å². The quantitative estimate of drug-likeness (QED) is 0.705. The van der Waals surface area contributed by atoms with E-state index in [1.54, 1.807) is 17.3 Å². The molecule has 9 heteroatoms. The van der Waals surface area contributed by atoms with E-state index < -0.39 is 0 Å². The number of aryl methyl sites for hydroxylation is 1. The van der Waals surface area contributed by atoms with Gasteiger partial charge in [-0.15, -0.1) is 0 Å². The number of hydrogen-bond donors (Lipinski definition) is 1. The Morgan fingerprint density at radius 2 is 2.03 bits per heavy atom. The van der Waals surface area contributed by atoms with Crippen molar-refractivity contribution in [3.8, 4) is 0 Å². The van der Waals surface area contributed by atoms with E-state index in [0.717, 1.165) is 29.8 Å². The molecule has 1 aliphatic heterocycles. The minimum Gasteiger partial charge on any atom is -0.347 e. The van der Waals surface area contributed by atoms with Gasteiger partial charge in [0.15, 0.2) is 5.65 Å². The number of piperidine rings is 1. The van der Waals surface area contributed by atoms with Crippen molar-refractivity contribution < 1.29 is 4.79 Å². The monoisotopic (exact) mass is 409 g/mol. The van der Waals surface area contributed by atoms with Crippen LogP contribution in [0, 0.1) is 6.92 Å². The van der Waals surface area contributed by atoms with Crippen LogP contribution in [0.5, 0.6) is 0 Å². The van der Waals surface area contributed by atoms with Crippen LogP contribution in [0.25, 0.3) is 5.65 Å². The van der Waals surface area contributed by atoms with Crippen LogP contribution in [0.2, 0.25) is 0 Å².